The van der Waals surface area contributed by atoms with Crippen molar-refractivity contribution in [2.45, 2.75) is 0 Å². The van der Waals surface area contributed by atoms with Crippen molar-refractivity contribution < 1.29 is 14.5 Å². The average molecular weight is 447 g/mol. The third-order valence-corrected chi connectivity index (χ3v) is 5.85. The van der Waals surface area contributed by atoms with Gasteiger partial charge in [0.25, 0.3) is 17.5 Å². The van der Waals surface area contributed by atoms with Crippen molar-refractivity contribution in [1.82, 2.24) is 9.80 Å². The summed E-state index contributed by atoms with van der Waals surface area (Å²) in [6.45, 7) is 7.59. The van der Waals surface area contributed by atoms with Gasteiger partial charge in [0, 0.05) is 56.2 Å². The lowest BCUT2D eigenvalue weighted by Gasteiger charge is -2.34. The Hall–Kier alpha value is -3.98. The summed E-state index contributed by atoms with van der Waals surface area (Å²) >= 11 is 0. The van der Waals surface area contributed by atoms with Gasteiger partial charge >= 0.3 is 0 Å². The standard InChI is InChI=1S/C24H25N5O4/c1-3-12-28-23(30)21(17-4-8-20(9-5-17)29(32)33)22(24(28)31)25-18-6-10-19(11-7-18)27-15-13-26(2)14-16-27/h3-11,25H,1,12-16H2,2H3. The van der Waals surface area contributed by atoms with E-state index in [1.807, 2.05) is 24.3 Å². The lowest BCUT2D eigenvalue weighted by Crippen LogP contribution is -2.44. The van der Waals surface area contributed by atoms with Gasteiger partial charge in [-0.1, -0.05) is 6.08 Å². The van der Waals surface area contributed by atoms with Crippen LogP contribution in [0.15, 0.2) is 66.9 Å². The molecular formula is C24H25N5O4. The highest BCUT2D eigenvalue weighted by molar-refractivity contribution is 6.36. The Labute approximate surface area is 191 Å². The second-order valence-electron chi connectivity index (χ2n) is 8.03. The number of piperazine rings is 1. The minimum Gasteiger partial charge on any atom is -0.369 e. The number of nitro groups is 1. The molecule has 0 spiro atoms. The molecule has 1 N–H and O–H groups in total. The second-order valence-corrected chi connectivity index (χ2v) is 8.03. The van der Waals surface area contributed by atoms with Gasteiger partial charge in [0.1, 0.15) is 5.70 Å². The number of imide groups is 1. The molecule has 2 aromatic carbocycles. The Balaban J connectivity index is 1.63. The van der Waals surface area contributed by atoms with Crippen LogP contribution in [0.25, 0.3) is 5.57 Å². The van der Waals surface area contributed by atoms with Crippen molar-refractivity contribution in [3.63, 3.8) is 0 Å². The number of benzene rings is 2. The van der Waals surface area contributed by atoms with Gasteiger partial charge in [-0.25, -0.2) is 0 Å². The highest BCUT2D eigenvalue weighted by Crippen LogP contribution is 2.32. The summed E-state index contributed by atoms with van der Waals surface area (Å²) < 4.78 is 0. The first-order valence-corrected chi connectivity index (χ1v) is 10.7. The van der Waals surface area contributed by atoms with Crippen molar-refractivity contribution in [2.24, 2.45) is 0 Å². The van der Waals surface area contributed by atoms with E-state index in [-0.39, 0.29) is 23.5 Å². The Morgan fingerprint density at radius 2 is 1.64 bits per heavy atom. The number of carbonyl (C=O) groups is 2. The SMILES string of the molecule is C=CCN1C(=O)C(Nc2ccc(N3CCN(C)CC3)cc2)=C(c2ccc([N+](=O)[O-])cc2)C1=O. The molecule has 2 heterocycles. The van der Waals surface area contributed by atoms with Crippen LogP contribution in [-0.2, 0) is 9.59 Å². The fourth-order valence-electron chi connectivity index (χ4n) is 3.97. The molecule has 1 fully saturated rings. The van der Waals surface area contributed by atoms with Gasteiger partial charge in [-0.3, -0.25) is 24.6 Å². The van der Waals surface area contributed by atoms with Crippen molar-refractivity contribution >= 4 is 34.4 Å². The smallest absolute Gasteiger partial charge is 0.278 e. The summed E-state index contributed by atoms with van der Waals surface area (Å²) in [5.74, 6) is -0.929. The number of nitrogens with one attached hydrogen (secondary N) is 1. The number of rotatable bonds is 7. The van der Waals surface area contributed by atoms with E-state index in [9.17, 15) is 19.7 Å². The summed E-state index contributed by atoms with van der Waals surface area (Å²) in [5, 5.41) is 14.1. The van der Waals surface area contributed by atoms with Gasteiger partial charge < -0.3 is 15.1 Å². The molecule has 1 saturated heterocycles. The van der Waals surface area contributed by atoms with Crippen LogP contribution in [0.3, 0.4) is 0 Å². The number of amides is 2. The highest BCUT2D eigenvalue weighted by Gasteiger charge is 2.38. The van der Waals surface area contributed by atoms with Crippen LogP contribution in [0.4, 0.5) is 17.1 Å². The van der Waals surface area contributed by atoms with E-state index in [4.69, 9.17) is 0 Å². The first-order chi connectivity index (χ1) is 15.9. The Kier molecular flexibility index (Phi) is 6.23. The van der Waals surface area contributed by atoms with E-state index in [0.29, 0.717) is 11.3 Å². The zero-order chi connectivity index (χ0) is 23.5. The zero-order valence-corrected chi connectivity index (χ0v) is 18.4. The summed E-state index contributed by atoms with van der Waals surface area (Å²) in [4.78, 5) is 42.2. The average Bonchev–Trinajstić information content (AvgIpc) is 3.04. The minimum atomic E-state index is -0.509. The fraction of sp³-hybridized carbons (Fsp3) is 0.250. The van der Waals surface area contributed by atoms with E-state index >= 15 is 0 Å². The molecule has 0 radical (unpaired) electrons. The van der Waals surface area contributed by atoms with Crippen LogP contribution in [0.1, 0.15) is 5.56 Å². The minimum absolute atomic E-state index is 0.0711. The van der Waals surface area contributed by atoms with Gasteiger partial charge in [0.2, 0.25) is 0 Å². The van der Waals surface area contributed by atoms with Crippen LogP contribution < -0.4 is 10.2 Å². The second kappa shape index (κ2) is 9.25. The Bertz CT molecular complexity index is 1120. The molecule has 0 atom stereocenters. The largest absolute Gasteiger partial charge is 0.369 e. The number of anilines is 2. The number of hydrogen-bond acceptors (Lipinski definition) is 7. The molecule has 2 aliphatic rings. The Morgan fingerprint density at radius 3 is 2.21 bits per heavy atom. The maximum atomic E-state index is 13.0. The molecule has 0 aromatic heterocycles. The third-order valence-electron chi connectivity index (χ3n) is 5.85. The molecule has 0 bridgehead atoms. The molecule has 2 amide bonds. The van der Waals surface area contributed by atoms with Crippen LogP contribution in [0.5, 0.6) is 0 Å². The quantitative estimate of drug-likeness (QED) is 0.302. The molecule has 0 unspecified atom stereocenters. The van der Waals surface area contributed by atoms with Crippen molar-refractivity contribution in [3.8, 4) is 0 Å². The van der Waals surface area contributed by atoms with Crippen LogP contribution in [0, 0.1) is 10.1 Å². The van der Waals surface area contributed by atoms with Gasteiger partial charge in [0.05, 0.1) is 10.5 Å². The van der Waals surface area contributed by atoms with Crippen molar-refractivity contribution in [1.29, 1.82) is 0 Å². The van der Waals surface area contributed by atoms with Crippen LogP contribution in [-0.4, -0.2) is 66.3 Å². The van der Waals surface area contributed by atoms with Crippen LogP contribution in [0.2, 0.25) is 0 Å². The lowest BCUT2D eigenvalue weighted by molar-refractivity contribution is -0.384. The molecule has 170 valence electrons. The van der Waals surface area contributed by atoms with E-state index < -0.39 is 16.7 Å². The zero-order valence-electron chi connectivity index (χ0n) is 18.4. The van der Waals surface area contributed by atoms with Gasteiger partial charge in [0.15, 0.2) is 0 Å². The maximum Gasteiger partial charge on any atom is 0.278 e. The number of non-ortho nitro benzene ring substituents is 1. The fourth-order valence-corrected chi connectivity index (χ4v) is 3.97. The number of carbonyl (C=O) groups excluding carboxylic acids is 2. The highest BCUT2D eigenvalue weighted by atomic mass is 16.6. The molecule has 2 aliphatic heterocycles. The van der Waals surface area contributed by atoms with E-state index in [1.165, 1.54) is 30.3 Å². The summed E-state index contributed by atoms with van der Waals surface area (Å²) in [5.41, 5.74) is 2.43. The van der Waals surface area contributed by atoms with Crippen LogP contribution >= 0.6 is 0 Å². The topological polar surface area (TPSA) is 99.0 Å². The summed E-state index contributed by atoms with van der Waals surface area (Å²) in [7, 11) is 2.11. The molecule has 0 saturated carbocycles. The molecule has 9 heteroatoms. The predicted molar refractivity (Wildman–Crippen MR) is 127 cm³/mol. The van der Waals surface area contributed by atoms with Crippen molar-refractivity contribution in [3.05, 3.63) is 82.6 Å². The molecule has 4 rings (SSSR count). The number of likely N-dealkylation sites (N-methyl/N-ethyl adjacent to an activating group) is 1. The number of nitro benzene ring substituents is 1. The first-order valence-electron chi connectivity index (χ1n) is 10.7. The molecule has 33 heavy (non-hydrogen) atoms. The van der Waals surface area contributed by atoms with Gasteiger partial charge in [-0.05, 0) is 49.0 Å². The molecular weight excluding hydrogens is 422 g/mol. The molecule has 9 nitrogen and oxygen atoms in total. The monoisotopic (exact) mass is 447 g/mol. The first kappa shape index (κ1) is 22.2. The van der Waals surface area contributed by atoms with E-state index in [0.717, 1.165) is 36.8 Å². The summed E-state index contributed by atoms with van der Waals surface area (Å²) in [6, 6.07) is 13.3. The Morgan fingerprint density at radius 1 is 1.00 bits per heavy atom. The molecule has 2 aromatic rings. The third kappa shape index (κ3) is 4.49. The van der Waals surface area contributed by atoms with Crippen molar-refractivity contribution in [2.75, 3.05) is 50.0 Å². The normalized spacial score (nSPS) is 17.0. The number of hydrogen-bond donors (Lipinski definition) is 1. The number of nitrogens with zero attached hydrogens (tertiary/aromatic N) is 4. The van der Waals surface area contributed by atoms with Gasteiger partial charge in [-0.2, -0.15) is 0 Å². The lowest BCUT2D eigenvalue weighted by atomic mass is 10.0. The van der Waals surface area contributed by atoms with E-state index in [1.54, 1.807) is 0 Å². The van der Waals surface area contributed by atoms with Gasteiger partial charge in [-0.15, -0.1) is 6.58 Å². The molecule has 0 aliphatic carbocycles. The van der Waals surface area contributed by atoms with E-state index in [2.05, 4.69) is 28.7 Å². The maximum absolute atomic E-state index is 13.0. The predicted octanol–water partition coefficient (Wildman–Crippen LogP) is 2.72. The summed E-state index contributed by atoms with van der Waals surface area (Å²) in [6.07, 6.45) is 1.48.